The first kappa shape index (κ1) is 17.8. The summed E-state index contributed by atoms with van der Waals surface area (Å²) in [5.74, 6) is -1.16. The van der Waals surface area contributed by atoms with Gasteiger partial charge in [-0.3, -0.25) is 9.59 Å². The van der Waals surface area contributed by atoms with Crippen molar-refractivity contribution in [2.45, 2.75) is 13.8 Å². The van der Waals surface area contributed by atoms with Crippen molar-refractivity contribution in [1.29, 1.82) is 0 Å². The number of halogens is 3. The molecule has 7 heteroatoms. The molecule has 1 aliphatic rings. The van der Waals surface area contributed by atoms with Crippen molar-refractivity contribution in [3.05, 3.63) is 68.3 Å². The van der Waals surface area contributed by atoms with Gasteiger partial charge in [0.1, 0.15) is 10.7 Å². The number of rotatable bonds is 3. The lowest BCUT2D eigenvalue weighted by Gasteiger charge is -2.16. The number of carbonyl (C=O) groups excluding carboxylic acids is 2. The quantitative estimate of drug-likeness (QED) is 0.740. The van der Waals surface area contributed by atoms with E-state index in [1.807, 2.05) is 32.0 Å². The Morgan fingerprint density at radius 3 is 2.28 bits per heavy atom. The van der Waals surface area contributed by atoms with Gasteiger partial charge in [-0.1, -0.05) is 46.9 Å². The van der Waals surface area contributed by atoms with Crippen LogP contribution in [-0.2, 0) is 9.59 Å². The molecule has 0 atom stereocenters. The predicted octanol–water partition coefficient (Wildman–Crippen LogP) is 5.05. The minimum Gasteiger partial charge on any atom is -0.349 e. The molecule has 2 aromatic carbocycles. The van der Waals surface area contributed by atoms with E-state index in [-0.39, 0.29) is 15.8 Å². The third kappa shape index (κ3) is 3.25. The van der Waals surface area contributed by atoms with E-state index >= 15 is 0 Å². The summed E-state index contributed by atoms with van der Waals surface area (Å²) in [7, 11) is 0. The molecule has 25 heavy (non-hydrogen) atoms. The summed E-state index contributed by atoms with van der Waals surface area (Å²) >= 11 is 18.0. The Labute approximate surface area is 160 Å². The second-order valence-electron chi connectivity index (χ2n) is 5.68. The minimum atomic E-state index is -0.613. The molecule has 2 amide bonds. The molecule has 3 rings (SSSR count). The number of aryl methyl sites for hydroxylation is 2. The third-order valence-electron chi connectivity index (χ3n) is 3.84. The molecule has 0 saturated carbocycles. The number of carbonyl (C=O) groups is 2. The fourth-order valence-corrected chi connectivity index (χ4v) is 2.98. The van der Waals surface area contributed by atoms with Crippen molar-refractivity contribution in [3.8, 4) is 0 Å². The number of anilines is 2. The summed E-state index contributed by atoms with van der Waals surface area (Å²) < 4.78 is 0. The number of nitrogens with one attached hydrogen (secondary N) is 1. The number of amides is 2. The maximum atomic E-state index is 12.7. The molecule has 0 bridgehead atoms. The van der Waals surface area contributed by atoms with Crippen LogP contribution >= 0.6 is 34.8 Å². The Morgan fingerprint density at radius 1 is 0.880 bits per heavy atom. The van der Waals surface area contributed by atoms with Crippen LogP contribution < -0.4 is 10.2 Å². The first-order valence-electron chi connectivity index (χ1n) is 7.37. The standard InChI is InChI=1S/C18H13Cl3N2O2/c1-9-3-4-10(2)14(7-9)22-16-15(21)17(24)23(18(16)25)11-5-6-12(19)13(20)8-11/h3-8,22H,1-2H3. The predicted molar refractivity (Wildman–Crippen MR) is 101 cm³/mol. The van der Waals surface area contributed by atoms with Gasteiger partial charge in [0.15, 0.2) is 0 Å². The van der Waals surface area contributed by atoms with Crippen LogP contribution in [0, 0.1) is 13.8 Å². The summed E-state index contributed by atoms with van der Waals surface area (Å²) in [6, 6.07) is 10.3. The lowest BCUT2D eigenvalue weighted by Crippen LogP contribution is -2.32. The molecule has 2 aromatic rings. The fourth-order valence-electron chi connectivity index (χ4n) is 2.48. The van der Waals surface area contributed by atoms with E-state index in [0.717, 1.165) is 16.0 Å². The summed E-state index contributed by atoms with van der Waals surface area (Å²) in [6.45, 7) is 3.83. The smallest absolute Gasteiger partial charge is 0.283 e. The molecule has 4 nitrogen and oxygen atoms in total. The molecule has 0 spiro atoms. The fraction of sp³-hybridized carbons (Fsp3) is 0.111. The second-order valence-corrected chi connectivity index (χ2v) is 6.87. The van der Waals surface area contributed by atoms with Gasteiger partial charge in [0.2, 0.25) is 0 Å². The summed E-state index contributed by atoms with van der Waals surface area (Å²) in [5, 5.41) is 3.39. The van der Waals surface area contributed by atoms with Gasteiger partial charge in [0.05, 0.1) is 15.7 Å². The SMILES string of the molecule is Cc1ccc(C)c(NC2=C(Cl)C(=O)N(c3ccc(Cl)c(Cl)c3)C2=O)c1. The zero-order chi connectivity index (χ0) is 18.3. The van der Waals surface area contributed by atoms with E-state index in [2.05, 4.69) is 5.32 Å². The van der Waals surface area contributed by atoms with E-state index < -0.39 is 11.8 Å². The molecule has 0 unspecified atom stereocenters. The first-order valence-corrected chi connectivity index (χ1v) is 8.51. The van der Waals surface area contributed by atoms with E-state index in [0.29, 0.717) is 16.4 Å². The zero-order valence-corrected chi connectivity index (χ0v) is 15.6. The maximum Gasteiger partial charge on any atom is 0.283 e. The van der Waals surface area contributed by atoms with Crippen LogP contribution in [0.1, 0.15) is 11.1 Å². The van der Waals surface area contributed by atoms with Gasteiger partial charge >= 0.3 is 0 Å². The van der Waals surface area contributed by atoms with Gasteiger partial charge in [0.25, 0.3) is 11.8 Å². The average molecular weight is 396 g/mol. The van der Waals surface area contributed by atoms with Gasteiger partial charge in [-0.05, 0) is 49.2 Å². The van der Waals surface area contributed by atoms with Crippen molar-refractivity contribution in [2.75, 3.05) is 10.2 Å². The average Bonchev–Trinajstić information content (AvgIpc) is 2.77. The molecule has 1 N–H and O–H groups in total. The van der Waals surface area contributed by atoms with Crippen molar-refractivity contribution in [1.82, 2.24) is 0 Å². The van der Waals surface area contributed by atoms with E-state index in [4.69, 9.17) is 34.8 Å². The van der Waals surface area contributed by atoms with E-state index in [1.54, 1.807) is 0 Å². The number of nitrogens with zero attached hydrogens (tertiary/aromatic N) is 1. The maximum absolute atomic E-state index is 12.7. The van der Waals surface area contributed by atoms with Gasteiger partial charge in [-0.25, -0.2) is 4.90 Å². The topological polar surface area (TPSA) is 49.4 Å². The number of hydrogen-bond donors (Lipinski definition) is 1. The Bertz CT molecular complexity index is 938. The van der Waals surface area contributed by atoms with Gasteiger partial charge in [-0.15, -0.1) is 0 Å². The van der Waals surface area contributed by atoms with Crippen LogP contribution in [0.25, 0.3) is 0 Å². The molecular weight excluding hydrogens is 383 g/mol. The molecule has 1 heterocycles. The van der Waals surface area contributed by atoms with Gasteiger partial charge in [-0.2, -0.15) is 0 Å². The van der Waals surface area contributed by atoms with Crippen molar-refractivity contribution in [2.24, 2.45) is 0 Å². The highest BCUT2D eigenvalue weighted by Gasteiger charge is 2.39. The monoisotopic (exact) mass is 394 g/mol. The Balaban J connectivity index is 1.96. The number of hydrogen-bond acceptors (Lipinski definition) is 3. The highest BCUT2D eigenvalue weighted by molar-refractivity contribution is 6.53. The molecule has 0 fully saturated rings. The summed E-state index contributed by atoms with van der Waals surface area (Å²) in [5.41, 5.74) is 3.00. The van der Waals surface area contributed by atoms with Crippen LogP contribution in [0.5, 0.6) is 0 Å². The molecule has 128 valence electrons. The summed E-state index contributed by atoms with van der Waals surface area (Å²) in [4.78, 5) is 26.2. The lowest BCUT2D eigenvalue weighted by molar-refractivity contribution is -0.120. The van der Waals surface area contributed by atoms with Crippen LogP contribution in [0.15, 0.2) is 47.1 Å². The normalized spacial score (nSPS) is 14.5. The third-order valence-corrected chi connectivity index (χ3v) is 4.93. The second kappa shape index (κ2) is 6.71. The number of benzene rings is 2. The molecule has 0 saturated heterocycles. The number of imide groups is 1. The zero-order valence-electron chi connectivity index (χ0n) is 13.4. The van der Waals surface area contributed by atoms with Crippen LogP contribution in [0.2, 0.25) is 10.0 Å². The molecular formula is C18H13Cl3N2O2. The lowest BCUT2D eigenvalue weighted by atomic mass is 10.1. The van der Waals surface area contributed by atoms with Crippen molar-refractivity contribution < 1.29 is 9.59 Å². The van der Waals surface area contributed by atoms with Crippen molar-refractivity contribution in [3.63, 3.8) is 0 Å². The Hall–Kier alpha value is -2.01. The Morgan fingerprint density at radius 2 is 1.60 bits per heavy atom. The van der Waals surface area contributed by atoms with E-state index in [9.17, 15) is 9.59 Å². The minimum absolute atomic E-state index is 0.0337. The molecule has 0 aromatic heterocycles. The van der Waals surface area contributed by atoms with Crippen LogP contribution in [-0.4, -0.2) is 11.8 Å². The Kier molecular flexibility index (Phi) is 4.78. The first-order chi connectivity index (χ1) is 11.8. The van der Waals surface area contributed by atoms with Gasteiger partial charge in [0, 0.05) is 5.69 Å². The van der Waals surface area contributed by atoms with Gasteiger partial charge < -0.3 is 5.32 Å². The highest BCUT2D eigenvalue weighted by Crippen LogP contribution is 2.34. The van der Waals surface area contributed by atoms with Crippen LogP contribution in [0.4, 0.5) is 11.4 Å². The van der Waals surface area contributed by atoms with E-state index in [1.165, 1.54) is 18.2 Å². The molecule has 1 aliphatic heterocycles. The molecule has 0 radical (unpaired) electrons. The van der Waals surface area contributed by atoms with Crippen molar-refractivity contribution >= 4 is 58.0 Å². The largest absolute Gasteiger partial charge is 0.349 e. The summed E-state index contributed by atoms with van der Waals surface area (Å²) in [6.07, 6.45) is 0. The van der Waals surface area contributed by atoms with Crippen LogP contribution in [0.3, 0.4) is 0 Å². The molecule has 0 aliphatic carbocycles. The highest BCUT2D eigenvalue weighted by atomic mass is 35.5.